The fourth-order valence-electron chi connectivity index (χ4n) is 3.19. The van der Waals surface area contributed by atoms with Crippen LogP contribution in [0.4, 0.5) is 0 Å². The van der Waals surface area contributed by atoms with Crippen LogP contribution in [0.15, 0.2) is 28.7 Å². The van der Waals surface area contributed by atoms with E-state index in [9.17, 15) is 4.79 Å². The van der Waals surface area contributed by atoms with E-state index in [0.29, 0.717) is 13.0 Å². The number of rotatable bonds is 6. The van der Waals surface area contributed by atoms with Crippen molar-refractivity contribution in [2.24, 2.45) is 5.73 Å². The van der Waals surface area contributed by atoms with Gasteiger partial charge in [0.1, 0.15) is 0 Å². The van der Waals surface area contributed by atoms with Gasteiger partial charge < -0.3 is 11.1 Å². The van der Waals surface area contributed by atoms with Crippen LogP contribution in [0.1, 0.15) is 50.5 Å². The third kappa shape index (κ3) is 5.11. The largest absolute Gasteiger partial charge is 0.350 e. The molecule has 21 heavy (non-hydrogen) atoms. The third-order valence-electron chi connectivity index (χ3n) is 4.28. The van der Waals surface area contributed by atoms with Crippen molar-refractivity contribution < 1.29 is 4.79 Å². The van der Waals surface area contributed by atoms with Crippen LogP contribution in [0.5, 0.6) is 0 Å². The van der Waals surface area contributed by atoms with E-state index in [2.05, 4.69) is 45.5 Å². The van der Waals surface area contributed by atoms with E-state index in [4.69, 9.17) is 5.73 Å². The first-order valence-electron chi connectivity index (χ1n) is 7.89. The molecule has 3 N–H and O–H groups in total. The van der Waals surface area contributed by atoms with Gasteiger partial charge in [-0.3, -0.25) is 4.79 Å². The molecule has 0 radical (unpaired) electrons. The maximum absolute atomic E-state index is 12.1. The Kier molecular flexibility index (Phi) is 6.24. The molecule has 0 heterocycles. The Morgan fingerprint density at radius 2 is 1.86 bits per heavy atom. The van der Waals surface area contributed by atoms with Crippen LogP contribution in [0.3, 0.4) is 0 Å². The summed E-state index contributed by atoms with van der Waals surface area (Å²) in [5.74, 6) is 0.152. The fourth-order valence-corrected chi connectivity index (χ4v) is 3.45. The van der Waals surface area contributed by atoms with Gasteiger partial charge >= 0.3 is 0 Å². The van der Waals surface area contributed by atoms with Crippen LogP contribution < -0.4 is 11.1 Å². The Morgan fingerprint density at radius 3 is 2.48 bits per heavy atom. The monoisotopic (exact) mass is 352 g/mol. The summed E-state index contributed by atoms with van der Waals surface area (Å²) < 4.78 is 1.09. The molecule has 1 aromatic rings. The lowest BCUT2D eigenvalue weighted by atomic mass is 9.77. The van der Waals surface area contributed by atoms with Gasteiger partial charge in [-0.05, 0) is 49.9 Å². The Labute approximate surface area is 135 Å². The predicted molar refractivity (Wildman–Crippen MR) is 90.1 cm³/mol. The molecule has 0 aliphatic heterocycles. The van der Waals surface area contributed by atoms with Crippen molar-refractivity contribution in [2.75, 3.05) is 6.54 Å². The van der Waals surface area contributed by atoms with Crippen LogP contribution in [0, 0.1) is 0 Å². The standard InChI is InChI=1S/C17H25BrN2O/c18-15-8-6-14(7-9-15)13-17(10-2-1-3-11-17)20-16(21)5-4-12-19/h6-9H,1-5,10-13,19H2,(H,20,21). The molecule has 0 atom stereocenters. The molecule has 1 fully saturated rings. The van der Waals surface area contributed by atoms with E-state index < -0.39 is 0 Å². The van der Waals surface area contributed by atoms with E-state index in [1.165, 1.54) is 24.8 Å². The van der Waals surface area contributed by atoms with E-state index in [1.807, 2.05) is 0 Å². The zero-order valence-electron chi connectivity index (χ0n) is 12.5. The van der Waals surface area contributed by atoms with Crippen LogP contribution in [-0.4, -0.2) is 18.0 Å². The van der Waals surface area contributed by atoms with Gasteiger partial charge in [0.15, 0.2) is 0 Å². The second-order valence-electron chi connectivity index (χ2n) is 6.08. The number of nitrogens with one attached hydrogen (secondary N) is 1. The average Bonchev–Trinajstić information content (AvgIpc) is 2.48. The SMILES string of the molecule is NCCCC(=O)NC1(Cc2ccc(Br)cc2)CCCCC1. The lowest BCUT2D eigenvalue weighted by molar-refractivity contribution is -0.123. The summed E-state index contributed by atoms with van der Waals surface area (Å²) in [6.07, 6.45) is 8.07. The van der Waals surface area contributed by atoms with Gasteiger partial charge in [0.25, 0.3) is 0 Å². The minimum Gasteiger partial charge on any atom is -0.350 e. The fraction of sp³-hybridized carbons (Fsp3) is 0.588. The molecule has 1 aliphatic carbocycles. The van der Waals surface area contributed by atoms with Crippen molar-refractivity contribution in [3.05, 3.63) is 34.3 Å². The number of carbonyl (C=O) groups excluding carboxylic acids is 1. The Balaban J connectivity index is 2.05. The van der Waals surface area contributed by atoms with E-state index in [1.54, 1.807) is 0 Å². The van der Waals surface area contributed by atoms with E-state index >= 15 is 0 Å². The van der Waals surface area contributed by atoms with Crippen LogP contribution in [-0.2, 0) is 11.2 Å². The third-order valence-corrected chi connectivity index (χ3v) is 4.81. The quantitative estimate of drug-likeness (QED) is 0.822. The Hall–Kier alpha value is -0.870. The topological polar surface area (TPSA) is 55.1 Å². The van der Waals surface area contributed by atoms with Crippen molar-refractivity contribution in [1.29, 1.82) is 0 Å². The smallest absolute Gasteiger partial charge is 0.220 e. The van der Waals surface area contributed by atoms with Gasteiger partial charge in [-0.2, -0.15) is 0 Å². The zero-order valence-corrected chi connectivity index (χ0v) is 14.1. The summed E-state index contributed by atoms with van der Waals surface area (Å²) in [6.45, 7) is 0.577. The molecular weight excluding hydrogens is 328 g/mol. The number of amides is 1. The number of hydrogen-bond donors (Lipinski definition) is 2. The minimum atomic E-state index is -0.0578. The lowest BCUT2D eigenvalue weighted by Crippen LogP contribution is -2.51. The summed E-state index contributed by atoms with van der Waals surface area (Å²) in [5.41, 5.74) is 6.73. The van der Waals surface area contributed by atoms with Crippen molar-refractivity contribution in [3.8, 4) is 0 Å². The first-order valence-corrected chi connectivity index (χ1v) is 8.68. The average molecular weight is 353 g/mol. The molecular formula is C17H25BrN2O. The van der Waals surface area contributed by atoms with Crippen molar-refractivity contribution >= 4 is 21.8 Å². The Bertz CT molecular complexity index is 452. The van der Waals surface area contributed by atoms with Crippen LogP contribution in [0.25, 0.3) is 0 Å². The first kappa shape index (κ1) is 16.5. The van der Waals surface area contributed by atoms with Gasteiger partial charge in [0, 0.05) is 16.4 Å². The van der Waals surface area contributed by atoms with Gasteiger partial charge in [0.05, 0.1) is 0 Å². The number of carbonyl (C=O) groups is 1. The highest BCUT2D eigenvalue weighted by atomic mass is 79.9. The minimum absolute atomic E-state index is 0.0578. The number of hydrogen-bond acceptors (Lipinski definition) is 2. The molecule has 1 aliphatic rings. The molecule has 0 aromatic heterocycles. The molecule has 0 bridgehead atoms. The highest BCUT2D eigenvalue weighted by Crippen LogP contribution is 2.32. The van der Waals surface area contributed by atoms with Gasteiger partial charge in [-0.15, -0.1) is 0 Å². The molecule has 116 valence electrons. The number of halogens is 1. The molecule has 1 aromatic carbocycles. The molecule has 1 saturated carbocycles. The van der Waals surface area contributed by atoms with Crippen molar-refractivity contribution in [1.82, 2.24) is 5.32 Å². The predicted octanol–water partition coefficient (Wildman–Crippen LogP) is 3.55. The second-order valence-corrected chi connectivity index (χ2v) is 7.00. The maximum atomic E-state index is 12.1. The summed E-state index contributed by atoms with van der Waals surface area (Å²) in [6, 6.07) is 8.43. The molecule has 2 rings (SSSR count). The normalized spacial score (nSPS) is 17.4. The molecule has 4 heteroatoms. The van der Waals surface area contributed by atoms with E-state index in [-0.39, 0.29) is 11.4 Å². The highest BCUT2D eigenvalue weighted by Gasteiger charge is 2.33. The van der Waals surface area contributed by atoms with Gasteiger partial charge in [-0.1, -0.05) is 47.3 Å². The first-order chi connectivity index (χ1) is 10.1. The molecule has 3 nitrogen and oxygen atoms in total. The van der Waals surface area contributed by atoms with Crippen LogP contribution in [0.2, 0.25) is 0 Å². The molecule has 0 unspecified atom stereocenters. The summed E-state index contributed by atoms with van der Waals surface area (Å²) in [4.78, 5) is 12.1. The molecule has 0 spiro atoms. The van der Waals surface area contributed by atoms with Crippen LogP contribution >= 0.6 is 15.9 Å². The summed E-state index contributed by atoms with van der Waals surface area (Å²) >= 11 is 3.47. The number of benzene rings is 1. The van der Waals surface area contributed by atoms with E-state index in [0.717, 1.165) is 30.2 Å². The maximum Gasteiger partial charge on any atom is 0.220 e. The van der Waals surface area contributed by atoms with Gasteiger partial charge in [0.2, 0.25) is 5.91 Å². The lowest BCUT2D eigenvalue weighted by Gasteiger charge is -2.38. The summed E-state index contributed by atoms with van der Waals surface area (Å²) in [5, 5.41) is 3.32. The molecule has 0 saturated heterocycles. The molecule has 1 amide bonds. The highest BCUT2D eigenvalue weighted by molar-refractivity contribution is 9.10. The van der Waals surface area contributed by atoms with Gasteiger partial charge in [-0.25, -0.2) is 0 Å². The second kappa shape index (κ2) is 7.95. The zero-order chi connectivity index (χ0) is 15.1. The van der Waals surface area contributed by atoms with Crippen molar-refractivity contribution in [3.63, 3.8) is 0 Å². The number of nitrogens with two attached hydrogens (primary N) is 1. The Morgan fingerprint density at radius 1 is 1.19 bits per heavy atom. The van der Waals surface area contributed by atoms with Crippen molar-refractivity contribution in [2.45, 2.75) is 56.9 Å². The summed E-state index contributed by atoms with van der Waals surface area (Å²) in [7, 11) is 0.